The molecule has 0 amide bonds. The molecule has 2 aromatic carbocycles. The predicted molar refractivity (Wildman–Crippen MR) is 85.1 cm³/mol. The predicted octanol–water partition coefficient (Wildman–Crippen LogP) is 4.35. The lowest BCUT2D eigenvalue weighted by molar-refractivity contribution is -0.716. The molecule has 0 radical (unpaired) electrons. The van der Waals surface area contributed by atoms with Crippen LogP contribution in [0.3, 0.4) is 0 Å². The number of fused-ring (bicyclic) bond motifs is 3. The average molecular weight is 272 g/mol. The quantitative estimate of drug-likeness (QED) is 0.580. The standard InChI is InChI=1S/C20H18N/c1-15-16-9-3-4-10-17(16)18-11-5-6-12-19(18)20(15)21-13-7-2-8-14-21/h2-15,20H,1H3/q+1/t15-,20+/m0/s1. The molecule has 1 aromatic heterocycles. The highest BCUT2D eigenvalue weighted by molar-refractivity contribution is 5.74. The largest absolute Gasteiger partial charge is 0.197 e. The van der Waals surface area contributed by atoms with Gasteiger partial charge in [0.15, 0.2) is 18.4 Å². The Morgan fingerprint density at radius 1 is 0.667 bits per heavy atom. The third kappa shape index (κ3) is 1.89. The van der Waals surface area contributed by atoms with Crippen LogP contribution in [0, 0.1) is 0 Å². The van der Waals surface area contributed by atoms with Crippen LogP contribution in [0.15, 0.2) is 79.1 Å². The Hall–Kier alpha value is -2.41. The first-order chi connectivity index (χ1) is 10.4. The zero-order valence-corrected chi connectivity index (χ0v) is 12.1. The molecular weight excluding hydrogens is 254 g/mol. The highest BCUT2D eigenvalue weighted by atomic mass is 15.0. The van der Waals surface area contributed by atoms with E-state index in [0.717, 1.165) is 0 Å². The van der Waals surface area contributed by atoms with Gasteiger partial charge < -0.3 is 0 Å². The summed E-state index contributed by atoms with van der Waals surface area (Å²) >= 11 is 0. The first kappa shape index (κ1) is 12.3. The number of aromatic nitrogens is 1. The Morgan fingerprint density at radius 3 is 1.95 bits per heavy atom. The summed E-state index contributed by atoms with van der Waals surface area (Å²) in [7, 11) is 0. The van der Waals surface area contributed by atoms with E-state index in [1.807, 2.05) is 0 Å². The summed E-state index contributed by atoms with van der Waals surface area (Å²) in [4.78, 5) is 0. The molecule has 0 spiro atoms. The summed E-state index contributed by atoms with van der Waals surface area (Å²) in [6.07, 6.45) is 4.34. The molecule has 102 valence electrons. The highest BCUT2D eigenvalue weighted by Gasteiger charge is 2.36. The Bertz CT molecular complexity index is 777. The van der Waals surface area contributed by atoms with Crippen molar-refractivity contribution in [1.82, 2.24) is 0 Å². The Kier molecular flexibility index (Phi) is 2.85. The van der Waals surface area contributed by atoms with Gasteiger partial charge in [0.05, 0.1) is 0 Å². The minimum atomic E-state index is 0.359. The van der Waals surface area contributed by atoms with Gasteiger partial charge in [-0.15, -0.1) is 0 Å². The molecule has 1 nitrogen and oxygen atoms in total. The molecule has 1 aliphatic carbocycles. The van der Waals surface area contributed by atoms with Crippen molar-refractivity contribution in [1.29, 1.82) is 0 Å². The third-order valence-corrected chi connectivity index (χ3v) is 4.55. The van der Waals surface area contributed by atoms with E-state index in [-0.39, 0.29) is 0 Å². The van der Waals surface area contributed by atoms with Crippen molar-refractivity contribution in [3.63, 3.8) is 0 Å². The summed E-state index contributed by atoms with van der Waals surface area (Å²) in [5, 5.41) is 0. The second kappa shape index (κ2) is 4.85. The van der Waals surface area contributed by atoms with Gasteiger partial charge in [-0.25, -0.2) is 0 Å². The van der Waals surface area contributed by atoms with Crippen LogP contribution in [0.5, 0.6) is 0 Å². The topological polar surface area (TPSA) is 3.88 Å². The van der Waals surface area contributed by atoms with Crippen molar-refractivity contribution in [2.75, 3.05) is 0 Å². The van der Waals surface area contributed by atoms with E-state index in [1.165, 1.54) is 22.3 Å². The van der Waals surface area contributed by atoms with E-state index >= 15 is 0 Å². The van der Waals surface area contributed by atoms with Crippen LogP contribution in [0.25, 0.3) is 11.1 Å². The van der Waals surface area contributed by atoms with Gasteiger partial charge in [0, 0.05) is 23.6 Å². The van der Waals surface area contributed by atoms with Gasteiger partial charge in [-0.2, -0.15) is 4.57 Å². The number of hydrogen-bond donors (Lipinski definition) is 0. The third-order valence-electron chi connectivity index (χ3n) is 4.55. The molecule has 0 saturated carbocycles. The molecule has 0 saturated heterocycles. The summed E-state index contributed by atoms with van der Waals surface area (Å²) in [5.41, 5.74) is 5.61. The normalized spacial score (nSPS) is 19.7. The summed E-state index contributed by atoms with van der Waals surface area (Å²) < 4.78 is 2.33. The van der Waals surface area contributed by atoms with Crippen LogP contribution < -0.4 is 4.57 Å². The number of nitrogens with zero attached hydrogens (tertiary/aromatic N) is 1. The highest BCUT2D eigenvalue weighted by Crippen LogP contribution is 2.44. The molecule has 1 heteroatoms. The molecule has 2 atom stereocenters. The second-order valence-electron chi connectivity index (χ2n) is 5.73. The average Bonchev–Trinajstić information content (AvgIpc) is 2.56. The number of pyridine rings is 1. The van der Waals surface area contributed by atoms with Crippen LogP contribution in [-0.4, -0.2) is 0 Å². The van der Waals surface area contributed by atoms with E-state index < -0.39 is 0 Å². The van der Waals surface area contributed by atoms with E-state index in [9.17, 15) is 0 Å². The summed E-state index contributed by atoms with van der Waals surface area (Å²) in [5.74, 6) is 0.462. The molecule has 0 bridgehead atoms. The second-order valence-corrected chi connectivity index (χ2v) is 5.73. The fraction of sp³-hybridized carbons (Fsp3) is 0.150. The van der Waals surface area contributed by atoms with Crippen LogP contribution in [0.4, 0.5) is 0 Å². The van der Waals surface area contributed by atoms with Crippen molar-refractivity contribution in [3.05, 3.63) is 90.3 Å². The number of hydrogen-bond acceptors (Lipinski definition) is 0. The zero-order valence-electron chi connectivity index (χ0n) is 12.1. The first-order valence-corrected chi connectivity index (χ1v) is 7.50. The van der Waals surface area contributed by atoms with Crippen molar-refractivity contribution in [3.8, 4) is 11.1 Å². The van der Waals surface area contributed by atoms with E-state index in [0.29, 0.717) is 12.0 Å². The lowest BCUT2D eigenvalue weighted by Crippen LogP contribution is -2.43. The zero-order chi connectivity index (χ0) is 14.2. The minimum Gasteiger partial charge on any atom is -0.197 e. The molecule has 0 fully saturated rings. The molecular formula is C20H18N+. The molecule has 0 unspecified atom stereocenters. The first-order valence-electron chi connectivity index (χ1n) is 7.50. The van der Waals surface area contributed by atoms with Gasteiger partial charge in [-0.05, 0) is 16.7 Å². The van der Waals surface area contributed by atoms with Crippen molar-refractivity contribution in [2.24, 2.45) is 0 Å². The minimum absolute atomic E-state index is 0.359. The molecule has 0 N–H and O–H groups in total. The van der Waals surface area contributed by atoms with Gasteiger partial charge in [0.2, 0.25) is 0 Å². The summed E-state index contributed by atoms with van der Waals surface area (Å²) in [6.45, 7) is 2.33. The van der Waals surface area contributed by atoms with Gasteiger partial charge in [0.25, 0.3) is 0 Å². The van der Waals surface area contributed by atoms with Crippen LogP contribution >= 0.6 is 0 Å². The molecule has 4 rings (SSSR count). The lowest BCUT2D eigenvalue weighted by atomic mass is 9.76. The lowest BCUT2D eigenvalue weighted by Gasteiger charge is -2.29. The van der Waals surface area contributed by atoms with Crippen molar-refractivity contribution >= 4 is 0 Å². The van der Waals surface area contributed by atoms with Gasteiger partial charge in [-0.1, -0.05) is 61.5 Å². The van der Waals surface area contributed by atoms with E-state index in [4.69, 9.17) is 0 Å². The monoisotopic (exact) mass is 272 g/mol. The Morgan fingerprint density at radius 2 is 1.24 bits per heavy atom. The van der Waals surface area contributed by atoms with E-state index in [2.05, 4.69) is 90.6 Å². The van der Waals surface area contributed by atoms with Crippen molar-refractivity contribution < 1.29 is 4.57 Å². The molecule has 1 aliphatic rings. The SMILES string of the molecule is C[C@H]1c2ccccc2-c2ccccc2[C@@H]1[n+]1ccccc1. The number of benzene rings is 2. The van der Waals surface area contributed by atoms with Crippen LogP contribution in [0.1, 0.15) is 30.0 Å². The van der Waals surface area contributed by atoms with Gasteiger partial charge in [0.1, 0.15) is 0 Å². The molecule has 1 heterocycles. The van der Waals surface area contributed by atoms with E-state index in [1.54, 1.807) is 0 Å². The maximum atomic E-state index is 2.33. The molecule has 0 aliphatic heterocycles. The number of rotatable bonds is 1. The fourth-order valence-corrected chi connectivity index (χ4v) is 3.60. The maximum Gasteiger partial charge on any atom is 0.190 e. The fourth-order valence-electron chi connectivity index (χ4n) is 3.60. The summed E-state index contributed by atoms with van der Waals surface area (Å²) in [6, 6.07) is 24.3. The molecule has 3 aromatic rings. The molecule has 21 heavy (non-hydrogen) atoms. The smallest absolute Gasteiger partial charge is 0.190 e. The van der Waals surface area contributed by atoms with Crippen molar-refractivity contribution in [2.45, 2.75) is 18.9 Å². The van der Waals surface area contributed by atoms with Gasteiger partial charge in [-0.3, -0.25) is 0 Å². The Balaban J connectivity index is 1.99. The maximum absolute atomic E-state index is 2.33. The van der Waals surface area contributed by atoms with Crippen LogP contribution in [-0.2, 0) is 0 Å². The Labute approximate surface area is 125 Å². The van der Waals surface area contributed by atoms with Gasteiger partial charge >= 0.3 is 0 Å². The van der Waals surface area contributed by atoms with Crippen LogP contribution in [0.2, 0.25) is 0 Å².